The largest absolute Gasteiger partial charge is 0.440 e. The SMILES string of the molecule is CSc1ccc(C(=O)CSc2ncco2)cc1. The summed E-state index contributed by atoms with van der Waals surface area (Å²) >= 11 is 2.97. The van der Waals surface area contributed by atoms with Gasteiger partial charge in [0, 0.05) is 10.5 Å². The molecule has 2 aromatic rings. The molecule has 0 fully saturated rings. The molecule has 3 nitrogen and oxygen atoms in total. The number of rotatable bonds is 5. The first-order valence-corrected chi connectivity index (χ1v) is 7.20. The van der Waals surface area contributed by atoms with Gasteiger partial charge < -0.3 is 4.42 Å². The molecule has 0 aliphatic carbocycles. The van der Waals surface area contributed by atoms with Crippen LogP contribution in [0.25, 0.3) is 0 Å². The van der Waals surface area contributed by atoms with Crippen LogP contribution in [0, 0.1) is 0 Å². The minimum atomic E-state index is 0.0841. The summed E-state index contributed by atoms with van der Waals surface area (Å²) in [5, 5.41) is 0.527. The van der Waals surface area contributed by atoms with E-state index in [-0.39, 0.29) is 5.78 Å². The summed E-state index contributed by atoms with van der Waals surface area (Å²) in [7, 11) is 0. The van der Waals surface area contributed by atoms with Crippen molar-refractivity contribution in [2.45, 2.75) is 10.1 Å². The number of hydrogen-bond acceptors (Lipinski definition) is 5. The maximum absolute atomic E-state index is 11.8. The topological polar surface area (TPSA) is 43.1 Å². The fraction of sp³-hybridized carbons (Fsp3) is 0.167. The molecule has 1 heterocycles. The minimum Gasteiger partial charge on any atom is -0.440 e. The molecule has 0 bridgehead atoms. The second-order valence-corrected chi connectivity index (χ2v) is 5.04. The van der Waals surface area contributed by atoms with Gasteiger partial charge in [0.15, 0.2) is 5.78 Å². The average molecular weight is 265 g/mol. The minimum absolute atomic E-state index is 0.0841. The molecule has 0 radical (unpaired) electrons. The Balaban J connectivity index is 1.95. The van der Waals surface area contributed by atoms with Crippen molar-refractivity contribution in [3.8, 4) is 0 Å². The van der Waals surface area contributed by atoms with Crippen molar-refractivity contribution in [3.05, 3.63) is 42.3 Å². The highest BCUT2D eigenvalue weighted by molar-refractivity contribution is 7.99. The van der Waals surface area contributed by atoms with Gasteiger partial charge in [0.05, 0.1) is 11.9 Å². The van der Waals surface area contributed by atoms with E-state index in [1.54, 1.807) is 18.0 Å². The molecule has 5 heteroatoms. The van der Waals surface area contributed by atoms with Crippen molar-refractivity contribution in [2.24, 2.45) is 0 Å². The molecule has 0 saturated heterocycles. The molecular formula is C12H11NO2S2. The van der Waals surface area contributed by atoms with Crippen LogP contribution < -0.4 is 0 Å². The summed E-state index contributed by atoms with van der Waals surface area (Å²) in [4.78, 5) is 16.9. The van der Waals surface area contributed by atoms with Gasteiger partial charge in [-0.1, -0.05) is 23.9 Å². The summed E-state index contributed by atoms with van der Waals surface area (Å²) in [6, 6.07) is 7.61. The Kier molecular flexibility index (Phi) is 4.28. The number of thioether (sulfide) groups is 2. The monoisotopic (exact) mass is 265 g/mol. The number of carbonyl (C=O) groups excluding carboxylic acids is 1. The molecule has 0 amide bonds. The van der Waals surface area contributed by atoms with Crippen LogP contribution in [0.5, 0.6) is 0 Å². The Hall–Kier alpha value is -1.20. The highest BCUT2D eigenvalue weighted by Crippen LogP contribution is 2.19. The number of benzene rings is 1. The molecular weight excluding hydrogens is 254 g/mol. The van der Waals surface area contributed by atoms with Crippen LogP contribution in [0.15, 0.2) is 51.3 Å². The third kappa shape index (κ3) is 3.38. The molecule has 0 saturated carbocycles. The van der Waals surface area contributed by atoms with Crippen LogP contribution in [0.2, 0.25) is 0 Å². The Bertz CT molecular complexity index is 480. The normalized spacial score (nSPS) is 10.4. The van der Waals surface area contributed by atoms with Crippen LogP contribution in [-0.4, -0.2) is 22.8 Å². The van der Waals surface area contributed by atoms with Crippen LogP contribution in [0.3, 0.4) is 0 Å². The van der Waals surface area contributed by atoms with Crippen molar-refractivity contribution in [2.75, 3.05) is 12.0 Å². The fourth-order valence-electron chi connectivity index (χ4n) is 1.27. The average Bonchev–Trinajstić information content (AvgIpc) is 2.89. The third-order valence-corrected chi connectivity index (χ3v) is 3.75. The molecule has 1 aromatic heterocycles. The van der Waals surface area contributed by atoms with Crippen LogP contribution >= 0.6 is 23.5 Å². The summed E-state index contributed by atoms with van der Waals surface area (Å²) in [6.45, 7) is 0. The predicted octanol–water partition coefficient (Wildman–Crippen LogP) is 3.37. The smallest absolute Gasteiger partial charge is 0.255 e. The predicted molar refractivity (Wildman–Crippen MR) is 69.8 cm³/mol. The van der Waals surface area contributed by atoms with E-state index in [4.69, 9.17) is 4.42 Å². The fourth-order valence-corrected chi connectivity index (χ4v) is 2.36. The van der Waals surface area contributed by atoms with E-state index in [1.807, 2.05) is 30.5 Å². The Morgan fingerprint density at radius 2 is 2.12 bits per heavy atom. The number of hydrogen-bond donors (Lipinski definition) is 0. The van der Waals surface area contributed by atoms with Gasteiger partial charge in [-0.3, -0.25) is 4.79 Å². The number of Topliss-reactive ketones (excluding diaryl/α,β-unsaturated/α-hetero) is 1. The first-order chi connectivity index (χ1) is 8.29. The van der Waals surface area contributed by atoms with Gasteiger partial charge in [-0.05, 0) is 18.4 Å². The molecule has 1 aromatic carbocycles. The number of nitrogens with zero attached hydrogens (tertiary/aromatic N) is 1. The highest BCUT2D eigenvalue weighted by atomic mass is 32.2. The van der Waals surface area contributed by atoms with Crippen molar-refractivity contribution >= 4 is 29.3 Å². The molecule has 2 rings (SSSR count). The van der Waals surface area contributed by atoms with Crippen molar-refractivity contribution < 1.29 is 9.21 Å². The zero-order valence-corrected chi connectivity index (χ0v) is 10.9. The molecule has 0 aliphatic heterocycles. The number of oxazole rings is 1. The first kappa shape index (κ1) is 12.3. The summed E-state index contributed by atoms with van der Waals surface area (Å²) in [5.74, 6) is 0.430. The zero-order valence-electron chi connectivity index (χ0n) is 9.25. The van der Waals surface area contributed by atoms with Gasteiger partial charge in [-0.15, -0.1) is 11.8 Å². The van der Waals surface area contributed by atoms with Crippen LogP contribution in [-0.2, 0) is 0 Å². The lowest BCUT2D eigenvalue weighted by Crippen LogP contribution is -2.01. The Labute approximate surface area is 108 Å². The second kappa shape index (κ2) is 5.93. The maximum atomic E-state index is 11.8. The lowest BCUT2D eigenvalue weighted by Gasteiger charge is -2.00. The van der Waals surface area contributed by atoms with E-state index in [1.165, 1.54) is 18.0 Å². The van der Waals surface area contributed by atoms with E-state index >= 15 is 0 Å². The number of carbonyl (C=O) groups is 1. The number of aromatic nitrogens is 1. The standard InChI is InChI=1S/C12H11NO2S2/c1-16-10-4-2-9(3-5-10)11(14)8-17-12-13-6-7-15-12/h2-7H,8H2,1H3. The Morgan fingerprint density at radius 3 is 2.71 bits per heavy atom. The van der Waals surface area contributed by atoms with E-state index in [0.29, 0.717) is 11.0 Å². The van der Waals surface area contributed by atoms with Gasteiger partial charge in [-0.2, -0.15) is 0 Å². The number of ketones is 1. The van der Waals surface area contributed by atoms with E-state index in [9.17, 15) is 4.79 Å². The quantitative estimate of drug-likeness (QED) is 0.612. The Morgan fingerprint density at radius 1 is 1.35 bits per heavy atom. The second-order valence-electron chi connectivity index (χ2n) is 3.24. The highest BCUT2D eigenvalue weighted by Gasteiger charge is 2.08. The molecule has 0 spiro atoms. The molecule has 0 unspecified atom stereocenters. The van der Waals surface area contributed by atoms with Crippen molar-refractivity contribution in [1.29, 1.82) is 0 Å². The molecule has 88 valence electrons. The van der Waals surface area contributed by atoms with E-state index in [0.717, 1.165) is 10.5 Å². The van der Waals surface area contributed by atoms with Gasteiger partial charge in [0.2, 0.25) is 0 Å². The van der Waals surface area contributed by atoms with Gasteiger partial charge in [0.1, 0.15) is 6.26 Å². The van der Waals surface area contributed by atoms with Crippen molar-refractivity contribution in [3.63, 3.8) is 0 Å². The van der Waals surface area contributed by atoms with E-state index in [2.05, 4.69) is 4.98 Å². The van der Waals surface area contributed by atoms with Gasteiger partial charge >= 0.3 is 0 Å². The van der Waals surface area contributed by atoms with E-state index < -0.39 is 0 Å². The van der Waals surface area contributed by atoms with Crippen molar-refractivity contribution in [1.82, 2.24) is 4.98 Å². The zero-order chi connectivity index (χ0) is 12.1. The summed E-state index contributed by atoms with van der Waals surface area (Å²) in [6.07, 6.45) is 5.08. The molecule has 17 heavy (non-hydrogen) atoms. The lowest BCUT2D eigenvalue weighted by molar-refractivity contribution is 0.102. The van der Waals surface area contributed by atoms with Gasteiger partial charge in [-0.25, -0.2) is 4.98 Å². The molecule has 0 N–H and O–H groups in total. The van der Waals surface area contributed by atoms with Crippen LogP contribution in [0.1, 0.15) is 10.4 Å². The summed E-state index contributed by atoms with van der Waals surface area (Å²) in [5.41, 5.74) is 0.724. The molecule has 0 atom stereocenters. The maximum Gasteiger partial charge on any atom is 0.255 e. The summed E-state index contributed by atoms with van der Waals surface area (Å²) < 4.78 is 5.05. The first-order valence-electron chi connectivity index (χ1n) is 4.99. The molecule has 0 aliphatic rings. The third-order valence-electron chi connectivity index (χ3n) is 2.15. The van der Waals surface area contributed by atoms with Gasteiger partial charge in [0.25, 0.3) is 5.22 Å². The van der Waals surface area contributed by atoms with Crippen LogP contribution in [0.4, 0.5) is 0 Å². The lowest BCUT2D eigenvalue weighted by atomic mass is 10.1.